The van der Waals surface area contributed by atoms with Crippen molar-refractivity contribution in [3.63, 3.8) is 0 Å². The third-order valence-electron chi connectivity index (χ3n) is 2.20. The number of hydrogen-bond acceptors (Lipinski definition) is 3. The average molecular weight is 195 g/mol. The zero-order valence-electron chi connectivity index (χ0n) is 7.90. The lowest BCUT2D eigenvalue weighted by atomic mass is 9.98. The van der Waals surface area contributed by atoms with E-state index in [4.69, 9.17) is 15.9 Å². The van der Waals surface area contributed by atoms with Gasteiger partial charge >= 0.3 is 5.97 Å². The fourth-order valence-corrected chi connectivity index (χ4v) is 1.39. The second kappa shape index (κ2) is 4.21. The summed E-state index contributed by atoms with van der Waals surface area (Å²) in [6, 6.07) is 4.35. The maximum atomic E-state index is 10.8. The third kappa shape index (κ3) is 1.92. The van der Waals surface area contributed by atoms with E-state index in [0.29, 0.717) is 11.1 Å². The van der Waals surface area contributed by atoms with Crippen LogP contribution in [0.5, 0.6) is 0 Å². The Morgan fingerprint density at radius 1 is 1.57 bits per heavy atom. The van der Waals surface area contributed by atoms with Gasteiger partial charge in [0.1, 0.15) is 0 Å². The summed E-state index contributed by atoms with van der Waals surface area (Å²) < 4.78 is 0. The van der Waals surface area contributed by atoms with Crippen LogP contribution in [0, 0.1) is 6.92 Å². The van der Waals surface area contributed by atoms with E-state index in [1.54, 1.807) is 19.1 Å². The first kappa shape index (κ1) is 10.7. The van der Waals surface area contributed by atoms with Crippen LogP contribution in [0.25, 0.3) is 0 Å². The van der Waals surface area contributed by atoms with Crippen LogP contribution < -0.4 is 5.73 Å². The van der Waals surface area contributed by atoms with Crippen LogP contribution >= 0.6 is 0 Å². The Balaban J connectivity index is 3.20. The highest BCUT2D eigenvalue weighted by Gasteiger charge is 2.13. The molecule has 1 atom stereocenters. The van der Waals surface area contributed by atoms with Gasteiger partial charge in [-0.1, -0.05) is 12.1 Å². The molecule has 4 nitrogen and oxygen atoms in total. The standard InChI is InChI=1S/C10H13NO3/c1-6-7(9(11)5-12)3-2-4-8(6)10(13)14/h2-4,9,12H,5,11H2,1H3,(H,13,14). The Morgan fingerprint density at radius 3 is 2.71 bits per heavy atom. The highest BCUT2D eigenvalue weighted by Crippen LogP contribution is 2.18. The molecule has 0 aliphatic heterocycles. The topological polar surface area (TPSA) is 83.5 Å². The van der Waals surface area contributed by atoms with Crippen LogP contribution in [0.1, 0.15) is 27.5 Å². The molecular formula is C10H13NO3. The maximum absolute atomic E-state index is 10.8. The van der Waals surface area contributed by atoms with Gasteiger partial charge in [0.2, 0.25) is 0 Å². The molecule has 4 N–H and O–H groups in total. The first-order chi connectivity index (χ1) is 6.57. The predicted molar refractivity (Wildman–Crippen MR) is 52.2 cm³/mol. The van der Waals surface area contributed by atoms with Gasteiger partial charge in [-0.25, -0.2) is 4.79 Å². The second-order valence-corrected chi connectivity index (χ2v) is 3.11. The number of aliphatic hydroxyl groups is 1. The number of nitrogens with two attached hydrogens (primary N) is 1. The summed E-state index contributed by atoms with van der Waals surface area (Å²) in [4.78, 5) is 10.8. The smallest absolute Gasteiger partial charge is 0.335 e. The fraction of sp³-hybridized carbons (Fsp3) is 0.300. The number of aromatic carboxylic acids is 1. The summed E-state index contributed by atoms with van der Waals surface area (Å²) in [6.07, 6.45) is 0. The number of carboxylic acid groups (broad SMARTS) is 1. The van der Waals surface area contributed by atoms with Crippen LogP contribution in [0.3, 0.4) is 0 Å². The van der Waals surface area contributed by atoms with Crippen molar-refractivity contribution in [2.45, 2.75) is 13.0 Å². The summed E-state index contributed by atoms with van der Waals surface area (Å²) in [5.74, 6) is -0.977. The number of hydrogen-bond donors (Lipinski definition) is 3. The zero-order valence-corrected chi connectivity index (χ0v) is 7.90. The molecule has 1 unspecified atom stereocenters. The van der Waals surface area contributed by atoms with Crippen molar-refractivity contribution >= 4 is 5.97 Å². The van der Waals surface area contributed by atoms with E-state index in [-0.39, 0.29) is 12.2 Å². The lowest BCUT2D eigenvalue weighted by Gasteiger charge is -2.13. The number of carbonyl (C=O) groups is 1. The zero-order chi connectivity index (χ0) is 10.7. The van der Waals surface area contributed by atoms with E-state index in [9.17, 15) is 4.79 Å². The van der Waals surface area contributed by atoms with E-state index in [1.807, 2.05) is 0 Å². The van der Waals surface area contributed by atoms with Gasteiger partial charge in [-0.3, -0.25) is 0 Å². The van der Waals surface area contributed by atoms with E-state index < -0.39 is 12.0 Å². The molecule has 0 aromatic heterocycles. The van der Waals surface area contributed by atoms with Crippen LogP contribution in [0.4, 0.5) is 0 Å². The monoisotopic (exact) mass is 195 g/mol. The van der Waals surface area contributed by atoms with E-state index in [1.165, 1.54) is 6.07 Å². The number of carboxylic acids is 1. The summed E-state index contributed by atoms with van der Waals surface area (Å²) in [5, 5.41) is 17.7. The molecule has 0 radical (unpaired) electrons. The number of aliphatic hydroxyl groups excluding tert-OH is 1. The molecule has 0 saturated heterocycles. The van der Waals surface area contributed by atoms with Gasteiger partial charge < -0.3 is 15.9 Å². The normalized spacial score (nSPS) is 12.5. The Hall–Kier alpha value is -1.39. The lowest BCUT2D eigenvalue weighted by molar-refractivity contribution is 0.0696. The molecule has 14 heavy (non-hydrogen) atoms. The maximum Gasteiger partial charge on any atom is 0.335 e. The number of rotatable bonds is 3. The van der Waals surface area contributed by atoms with Gasteiger partial charge in [0, 0.05) is 0 Å². The first-order valence-electron chi connectivity index (χ1n) is 4.27. The molecule has 0 fully saturated rings. The largest absolute Gasteiger partial charge is 0.478 e. The molecular weight excluding hydrogens is 182 g/mol. The van der Waals surface area contributed by atoms with Gasteiger partial charge in [0.05, 0.1) is 18.2 Å². The summed E-state index contributed by atoms with van der Waals surface area (Å²) in [6.45, 7) is 1.50. The van der Waals surface area contributed by atoms with Crippen molar-refractivity contribution in [2.75, 3.05) is 6.61 Å². The average Bonchev–Trinajstić information content (AvgIpc) is 2.16. The van der Waals surface area contributed by atoms with Gasteiger partial charge in [0.15, 0.2) is 0 Å². The number of benzene rings is 1. The van der Waals surface area contributed by atoms with Crippen molar-refractivity contribution in [3.8, 4) is 0 Å². The highest BCUT2D eigenvalue weighted by atomic mass is 16.4. The third-order valence-corrected chi connectivity index (χ3v) is 2.20. The summed E-state index contributed by atoms with van der Waals surface area (Å²) in [5.41, 5.74) is 7.14. The molecule has 0 amide bonds. The van der Waals surface area contributed by atoms with Crippen molar-refractivity contribution < 1.29 is 15.0 Å². The fourth-order valence-electron chi connectivity index (χ4n) is 1.39. The molecule has 4 heteroatoms. The Morgan fingerprint density at radius 2 is 2.21 bits per heavy atom. The molecule has 0 bridgehead atoms. The molecule has 1 aromatic carbocycles. The van der Waals surface area contributed by atoms with Crippen LogP contribution in [-0.4, -0.2) is 22.8 Å². The minimum Gasteiger partial charge on any atom is -0.478 e. The van der Waals surface area contributed by atoms with E-state index >= 15 is 0 Å². The summed E-state index contributed by atoms with van der Waals surface area (Å²) >= 11 is 0. The Kier molecular flexibility index (Phi) is 3.22. The molecule has 0 heterocycles. The van der Waals surface area contributed by atoms with Crippen LogP contribution in [0.15, 0.2) is 18.2 Å². The Labute approximate surface area is 82.0 Å². The molecule has 1 rings (SSSR count). The van der Waals surface area contributed by atoms with Crippen molar-refractivity contribution in [2.24, 2.45) is 5.73 Å². The Bertz CT molecular complexity index is 349. The van der Waals surface area contributed by atoms with Gasteiger partial charge in [-0.05, 0) is 24.1 Å². The predicted octanol–water partition coefficient (Wildman–Crippen LogP) is 0.685. The molecule has 76 valence electrons. The minimum absolute atomic E-state index is 0.191. The first-order valence-corrected chi connectivity index (χ1v) is 4.27. The second-order valence-electron chi connectivity index (χ2n) is 3.11. The van der Waals surface area contributed by atoms with Gasteiger partial charge in [-0.2, -0.15) is 0 Å². The van der Waals surface area contributed by atoms with E-state index in [2.05, 4.69) is 0 Å². The summed E-state index contributed by atoms with van der Waals surface area (Å²) in [7, 11) is 0. The van der Waals surface area contributed by atoms with Crippen molar-refractivity contribution in [1.29, 1.82) is 0 Å². The molecule has 0 aliphatic rings. The van der Waals surface area contributed by atoms with Gasteiger partial charge in [-0.15, -0.1) is 0 Å². The molecule has 0 spiro atoms. The quantitative estimate of drug-likeness (QED) is 0.662. The van der Waals surface area contributed by atoms with Crippen molar-refractivity contribution in [1.82, 2.24) is 0 Å². The SMILES string of the molecule is Cc1c(C(=O)O)cccc1C(N)CO. The molecule has 0 aliphatic carbocycles. The van der Waals surface area contributed by atoms with Crippen LogP contribution in [-0.2, 0) is 0 Å². The van der Waals surface area contributed by atoms with Crippen LogP contribution in [0.2, 0.25) is 0 Å². The highest BCUT2D eigenvalue weighted by molar-refractivity contribution is 5.89. The van der Waals surface area contributed by atoms with E-state index in [0.717, 1.165) is 0 Å². The van der Waals surface area contributed by atoms with Crippen molar-refractivity contribution in [3.05, 3.63) is 34.9 Å². The molecule has 0 saturated carbocycles. The molecule has 1 aromatic rings. The van der Waals surface area contributed by atoms with Gasteiger partial charge in [0.25, 0.3) is 0 Å². The lowest BCUT2D eigenvalue weighted by Crippen LogP contribution is -2.17. The minimum atomic E-state index is -0.977.